The predicted molar refractivity (Wildman–Crippen MR) is 62.3 cm³/mol. The molecule has 2 aromatic rings. The number of nitrogens with zero attached hydrogens (tertiary/aromatic N) is 4. The van der Waals surface area contributed by atoms with Crippen molar-refractivity contribution in [3.05, 3.63) is 23.8 Å². The minimum Gasteiger partial charge on any atom is -0.463 e. The lowest BCUT2D eigenvalue weighted by atomic mass is 10.2. The number of nitrogens with one attached hydrogen (secondary N) is 1. The maximum atomic E-state index is 11.9. The first-order valence-corrected chi connectivity index (χ1v) is 5.77. The number of cyclic esters (lactones) is 1. The monoisotopic (exact) mass is 261 g/mol. The SMILES string of the molecule is Cc1cnc2nc(C(=O)N[C@@H]3COC(=O)C3)nn2c1. The molecule has 19 heavy (non-hydrogen) atoms. The Labute approximate surface area is 107 Å². The van der Waals surface area contributed by atoms with Gasteiger partial charge in [-0.1, -0.05) is 0 Å². The standard InChI is InChI=1S/C11H11N5O3/c1-6-3-12-11-14-9(15-16(11)4-6)10(18)13-7-2-8(17)19-5-7/h3-4,7H,2,5H2,1H3,(H,13,18)/t7-/m0/s1. The molecule has 0 unspecified atom stereocenters. The predicted octanol–water partition coefficient (Wildman–Crippen LogP) is -0.522. The molecule has 3 rings (SSSR count). The van der Waals surface area contributed by atoms with E-state index in [4.69, 9.17) is 4.74 Å². The molecule has 1 amide bonds. The van der Waals surface area contributed by atoms with Crippen LogP contribution in [0.3, 0.4) is 0 Å². The van der Waals surface area contributed by atoms with E-state index < -0.39 is 5.91 Å². The number of aromatic nitrogens is 4. The normalized spacial score (nSPS) is 18.6. The molecule has 0 spiro atoms. The molecule has 1 aliphatic rings. The maximum Gasteiger partial charge on any atom is 0.308 e. The summed E-state index contributed by atoms with van der Waals surface area (Å²) < 4.78 is 6.21. The molecule has 8 heteroatoms. The number of rotatable bonds is 2. The summed E-state index contributed by atoms with van der Waals surface area (Å²) in [4.78, 5) is 30.9. The topological polar surface area (TPSA) is 98.5 Å². The molecular weight excluding hydrogens is 250 g/mol. The zero-order valence-electron chi connectivity index (χ0n) is 10.2. The van der Waals surface area contributed by atoms with Gasteiger partial charge in [-0.05, 0) is 12.5 Å². The number of carbonyl (C=O) groups is 2. The van der Waals surface area contributed by atoms with Crippen molar-refractivity contribution in [2.75, 3.05) is 6.61 Å². The molecular formula is C11H11N5O3. The molecule has 1 N–H and O–H groups in total. The van der Waals surface area contributed by atoms with E-state index in [1.807, 2.05) is 6.92 Å². The highest BCUT2D eigenvalue weighted by atomic mass is 16.5. The van der Waals surface area contributed by atoms with Crippen molar-refractivity contribution in [3.63, 3.8) is 0 Å². The Morgan fingerprint density at radius 1 is 1.58 bits per heavy atom. The van der Waals surface area contributed by atoms with E-state index in [1.54, 1.807) is 12.4 Å². The van der Waals surface area contributed by atoms with Crippen molar-refractivity contribution in [3.8, 4) is 0 Å². The van der Waals surface area contributed by atoms with Crippen molar-refractivity contribution in [1.29, 1.82) is 0 Å². The number of fused-ring (bicyclic) bond motifs is 1. The van der Waals surface area contributed by atoms with Gasteiger partial charge in [-0.25, -0.2) is 9.50 Å². The van der Waals surface area contributed by atoms with E-state index in [0.717, 1.165) is 5.56 Å². The highest BCUT2D eigenvalue weighted by molar-refractivity contribution is 5.91. The van der Waals surface area contributed by atoms with Gasteiger partial charge in [0.25, 0.3) is 11.7 Å². The lowest BCUT2D eigenvalue weighted by molar-refractivity contribution is -0.137. The second kappa shape index (κ2) is 4.30. The van der Waals surface area contributed by atoms with Crippen molar-refractivity contribution in [2.45, 2.75) is 19.4 Å². The van der Waals surface area contributed by atoms with Crippen LogP contribution < -0.4 is 5.32 Å². The molecule has 1 fully saturated rings. The molecule has 0 radical (unpaired) electrons. The molecule has 0 bridgehead atoms. The third-order valence-corrected chi connectivity index (χ3v) is 2.72. The molecule has 98 valence electrons. The van der Waals surface area contributed by atoms with Gasteiger partial charge in [0.1, 0.15) is 6.61 Å². The first-order valence-electron chi connectivity index (χ1n) is 5.77. The Bertz CT molecular complexity index is 665. The molecule has 1 atom stereocenters. The van der Waals surface area contributed by atoms with Crippen LogP contribution in [0.15, 0.2) is 12.4 Å². The van der Waals surface area contributed by atoms with Gasteiger partial charge < -0.3 is 10.1 Å². The summed E-state index contributed by atoms with van der Waals surface area (Å²) in [5.74, 6) is -0.371. The van der Waals surface area contributed by atoms with Crippen LogP contribution in [-0.4, -0.2) is 44.1 Å². The fourth-order valence-electron chi connectivity index (χ4n) is 1.83. The van der Waals surface area contributed by atoms with Gasteiger partial charge in [-0.3, -0.25) is 9.59 Å². The first kappa shape index (κ1) is 11.6. The van der Waals surface area contributed by atoms with E-state index in [2.05, 4.69) is 20.4 Å². The van der Waals surface area contributed by atoms with E-state index in [1.165, 1.54) is 4.52 Å². The minimum atomic E-state index is -0.438. The number of hydrogen-bond acceptors (Lipinski definition) is 6. The molecule has 3 heterocycles. The fourth-order valence-corrected chi connectivity index (χ4v) is 1.83. The summed E-state index contributed by atoms with van der Waals surface area (Å²) in [7, 11) is 0. The quantitative estimate of drug-likeness (QED) is 0.730. The van der Waals surface area contributed by atoms with Crippen LogP contribution in [-0.2, 0) is 9.53 Å². The third kappa shape index (κ3) is 2.24. The highest BCUT2D eigenvalue weighted by Gasteiger charge is 2.26. The van der Waals surface area contributed by atoms with Gasteiger partial charge in [-0.15, -0.1) is 5.10 Å². The molecule has 8 nitrogen and oxygen atoms in total. The Morgan fingerprint density at radius 2 is 2.42 bits per heavy atom. The van der Waals surface area contributed by atoms with Crippen molar-refractivity contribution < 1.29 is 14.3 Å². The van der Waals surface area contributed by atoms with E-state index in [9.17, 15) is 9.59 Å². The number of carbonyl (C=O) groups excluding carboxylic acids is 2. The van der Waals surface area contributed by atoms with Crippen LogP contribution in [0.5, 0.6) is 0 Å². The largest absolute Gasteiger partial charge is 0.463 e. The van der Waals surface area contributed by atoms with Gasteiger partial charge >= 0.3 is 5.97 Å². The van der Waals surface area contributed by atoms with E-state index in [-0.39, 0.29) is 30.9 Å². The first-order chi connectivity index (χ1) is 9.11. The smallest absolute Gasteiger partial charge is 0.308 e. The minimum absolute atomic E-state index is 0.0254. The van der Waals surface area contributed by atoms with Crippen LogP contribution in [0.1, 0.15) is 22.6 Å². The van der Waals surface area contributed by atoms with Gasteiger partial charge in [0.05, 0.1) is 12.5 Å². The van der Waals surface area contributed by atoms with Crippen molar-refractivity contribution in [1.82, 2.24) is 24.9 Å². The van der Waals surface area contributed by atoms with Gasteiger partial charge in [0.15, 0.2) is 0 Å². The molecule has 0 saturated carbocycles. The van der Waals surface area contributed by atoms with Crippen LogP contribution >= 0.6 is 0 Å². The second-order valence-electron chi connectivity index (χ2n) is 4.37. The van der Waals surface area contributed by atoms with Crippen molar-refractivity contribution in [2.24, 2.45) is 0 Å². The molecule has 0 aliphatic carbocycles. The fraction of sp³-hybridized carbons (Fsp3) is 0.364. The number of esters is 1. The van der Waals surface area contributed by atoms with Crippen molar-refractivity contribution >= 4 is 17.7 Å². The number of ether oxygens (including phenoxy) is 1. The van der Waals surface area contributed by atoms with Gasteiger partial charge in [0.2, 0.25) is 5.82 Å². The number of hydrogen-bond donors (Lipinski definition) is 1. The lowest BCUT2D eigenvalue weighted by Crippen LogP contribution is -2.35. The van der Waals surface area contributed by atoms with Crippen LogP contribution in [0.25, 0.3) is 5.78 Å². The molecule has 1 saturated heterocycles. The maximum absolute atomic E-state index is 11.9. The third-order valence-electron chi connectivity index (χ3n) is 2.72. The van der Waals surface area contributed by atoms with E-state index in [0.29, 0.717) is 5.78 Å². The molecule has 2 aromatic heterocycles. The second-order valence-corrected chi connectivity index (χ2v) is 4.37. The summed E-state index contributed by atoms with van der Waals surface area (Å²) in [6.07, 6.45) is 3.56. The Hall–Kier alpha value is -2.51. The highest BCUT2D eigenvalue weighted by Crippen LogP contribution is 2.07. The van der Waals surface area contributed by atoms with Crippen LogP contribution in [0.4, 0.5) is 0 Å². The Kier molecular flexibility index (Phi) is 2.62. The van der Waals surface area contributed by atoms with Crippen LogP contribution in [0, 0.1) is 6.92 Å². The molecule has 0 aromatic carbocycles. The lowest BCUT2D eigenvalue weighted by Gasteiger charge is -2.06. The summed E-state index contributed by atoms with van der Waals surface area (Å²) in [5.41, 5.74) is 0.916. The van der Waals surface area contributed by atoms with Crippen LogP contribution in [0.2, 0.25) is 0 Å². The summed E-state index contributed by atoms with van der Waals surface area (Å²) in [6.45, 7) is 2.06. The Morgan fingerprint density at radius 3 is 3.16 bits per heavy atom. The summed E-state index contributed by atoms with van der Waals surface area (Å²) in [6, 6.07) is -0.318. The van der Waals surface area contributed by atoms with E-state index >= 15 is 0 Å². The zero-order chi connectivity index (χ0) is 13.4. The summed E-state index contributed by atoms with van der Waals surface area (Å²) >= 11 is 0. The Balaban J connectivity index is 1.79. The molecule has 1 aliphatic heterocycles. The zero-order valence-corrected chi connectivity index (χ0v) is 10.2. The average Bonchev–Trinajstić information content (AvgIpc) is 2.95. The number of aryl methyl sites for hydroxylation is 1. The number of amides is 1. The summed E-state index contributed by atoms with van der Waals surface area (Å²) in [5, 5.41) is 6.69. The van der Waals surface area contributed by atoms with Gasteiger partial charge in [-0.2, -0.15) is 4.98 Å². The van der Waals surface area contributed by atoms with Gasteiger partial charge in [0, 0.05) is 12.4 Å². The average molecular weight is 261 g/mol.